The molecule has 4 heteroatoms. The van der Waals surface area contributed by atoms with Gasteiger partial charge in [0.05, 0.1) is 0 Å². The Balaban J connectivity index is 0. The van der Waals surface area contributed by atoms with Crippen molar-refractivity contribution in [1.29, 1.82) is 0 Å². The minimum Gasteiger partial charge on any atom is -1.00 e. The van der Waals surface area contributed by atoms with Gasteiger partial charge in [0.15, 0.2) is 0 Å². The van der Waals surface area contributed by atoms with Crippen molar-refractivity contribution < 1.29 is 77.2 Å². The number of rotatable bonds is 10. The maximum Gasteiger partial charge on any atom is 2.00 e. The van der Waals surface area contributed by atoms with Crippen molar-refractivity contribution in [3.05, 3.63) is 80.9 Å². The van der Waals surface area contributed by atoms with Crippen LogP contribution < -0.4 is 24.8 Å². The average molecular weight is 736 g/mol. The molecule has 0 saturated heterocycles. The summed E-state index contributed by atoms with van der Waals surface area (Å²) >= 11 is 0. The second-order valence-corrected chi connectivity index (χ2v) is 11.2. The monoisotopic (exact) mass is 732 g/mol. The van der Waals surface area contributed by atoms with E-state index in [1.54, 1.807) is 11.1 Å². The molecule has 0 aromatic heterocycles. The summed E-state index contributed by atoms with van der Waals surface area (Å²) in [4.78, 5) is 0. The Morgan fingerprint density at radius 1 is 0.500 bits per heavy atom. The molecule has 0 unspecified atom stereocenters. The van der Waals surface area contributed by atoms with Gasteiger partial charge in [-0.3, -0.25) is 0 Å². The Morgan fingerprint density at radius 2 is 0.850 bits per heavy atom. The summed E-state index contributed by atoms with van der Waals surface area (Å²) in [5.41, 5.74) is 11.8. The van der Waals surface area contributed by atoms with Crippen LogP contribution in [0, 0.1) is 41.5 Å². The van der Waals surface area contributed by atoms with E-state index in [0.717, 1.165) is 0 Å². The number of unbranched alkanes of at least 4 members (excludes halogenated alkanes) is 6. The average Bonchev–Trinajstić information content (AvgIpc) is 3.34. The van der Waals surface area contributed by atoms with Gasteiger partial charge in [0.25, 0.3) is 0 Å². The first-order valence-electron chi connectivity index (χ1n) is 14.6. The number of aryl methyl sites for hydroxylation is 8. The third-order valence-electron chi connectivity index (χ3n) is 8.35. The predicted octanol–water partition coefficient (Wildman–Crippen LogP) is 5.22. The third-order valence-corrected chi connectivity index (χ3v) is 8.35. The van der Waals surface area contributed by atoms with Crippen LogP contribution in [0.1, 0.15) is 110 Å². The molecule has 4 aromatic rings. The van der Waals surface area contributed by atoms with Crippen LogP contribution in [0.25, 0.3) is 21.5 Å². The topological polar surface area (TPSA) is 0 Å². The van der Waals surface area contributed by atoms with Crippen LogP contribution in [0.15, 0.2) is 36.4 Å². The van der Waals surface area contributed by atoms with E-state index in [1.165, 1.54) is 119 Å². The van der Waals surface area contributed by atoms with Gasteiger partial charge in [-0.1, -0.05) is 130 Å². The molecule has 4 aromatic carbocycles. The fourth-order valence-corrected chi connectivity index (χ4v) is 5.74. The summed E-state index contributed by atoms with van der Waals surface area (Å²) < 4.78 is 0. The summed E-state index contributed by atoms with van der Waals surface area (Å²) in [7, 11) is 0. The molecule has 0 aliphatic rings. The van der Waals surface area contributed by atoms with E-state index in [2.05, 4.69) is 91.8 Å². The molecule has 40 heavy (non-hydrogen) atoms. The molecule has 0 N–H and O–H groups in total. The first kappa shape index (κ1) is 42.1. The van der Waals surface area contributed by atoms with E-state index in [4.69, 9.17) is 0 Å². The van der Waals surface area contributed by atoms with Crippen LogP contribution >= 0.6 is 0 Å². The fourth-order valence-electron chi connectivity index (χ4n) is 5.74. The van der Waals surface area contributed by atoms with Gasteiger partial charge in [0, 0.05) is 0 Å². The van der Waals surface area contributed by atoms with Crippen molar-refractivity contribution in [2.75, 3.05) is 0 Å². The maximum absolute atomic E-state index is 2.36. The molecule has 0 spiro atoms. The van der Waals surface area contributed by atoms with Crippen LogP contribution in [0.2, 0.25) is 0 Å². The molecule has 0 radical (unpaired) electrons. The zero-order valence-electron chi connectivity index (χ0n) is 26.3. The fraction of sp³-hybridized carbons (Fsp3) is 0.500. The smallest absolute Gasteiger partial charge is 1.00 e. The van der Waals surface area contributed by atoms with Gasteiger partial charge in [-0.2, -0.15) is 11.1 Å². The van der Waals surface area contributed by atoms with E-state index in [9.17, 15) is 0 Å². The summed E-state index contributed by atoms with van der Waals surface area (Å²) in [6.45, 7) is 18.0. The van der Waals surface area contributed by atoms with Crippen molar-refractivity contribution in [2.45, 2.75) is 120 Å². The van der Waals surface area contributed by atoms with Crippen molar-refractivity contribution in [2.24, 2.45) is 0 Å². The van der Waals surface area contributed by atoms with Gasteiger partial charge in [-0.15, -0.1) is 68.1 Å². The molecule has 0 aliphatic heterocycles. The first-order chi connectivity index (χ1) is 17.3. The largest absolute Gasteiger partial charge is 2.00 e. The molecule has 0 saturated carbocycles. The third kappa shape index (κ3) is 10.6. The van der Waals surface area contributed by atoms with Gasteiger partial charge < -0.3 is 24.8 Å². The Morgan fingerprint density at radius 3 is 1.18 bits per heavy atom. The number of hydrogen-bond donors (Lipinski definition) is 0. The molecule has 0 bridgehead atoms. The molecule has 4 rings (SSSR count). The molecule has 0 atom stereocenters. The predicted molar refractivity (Wildman–Crippen MR) is 163 cm³/mol. The van der Waals surface area contributed by atoms with E-state index in [1.807, 2.05) is 0 Å². The maximum atomic E-state index is 2.36. The molecule has 0 nitrogen and oxygen atoms in total. The molecular weight excluding hydrogens is 686 g/mol. The SMILES string of the molecule is CCCCCCc1ccc(C)c2[cH-]c(C)c(C)c12.CCCCCCc1ccc(C)c2[cH-]c(C)c(C)c12.[Cl-].[Cl-].[Zr+2].[Zr+2]. The van der Waals surface area contributed by atoms with E-state index in [-0.39, 0.29) is 77.2 Å². The molecule has 0 fully saturated rings. The Hall–Kier alpha value is 0.00623. The summed E-state index contributed by atoms with van der Waals surface area (Å²) in [5.74, 6) is 0. The van der Waals surface area contributed by atoms with Crippen molar-refractivity contribution in [1.82, 2.24) is 0 Å². The van der Waals surface area contributed by atoms with E-state index in [0.29, 0.717) is 0 Å². The molecule has 0 aliphatic carbocycles. The Bertz CT molecular complexity index is 1180. The molecule has 0 amide bonds. The van der Waals surface area contributed by atoms with Crippen LogP contribution in [0.4, 0.5) is 0 Å². The Kier molecular flexibility index (Phi) is 21.9. The molecular formula is C36H50Cl2Zr2. The minimum absolute atomic E-state index is 0. The number of halogens is 2. The van der Waals surface area contributed by atoms with Crippen LogP contribution in [-0.2, 0) is 65.2 Å². The van der Waals surface area contributed by atoms with Crippen LogP contribution in [0.5, 0.6) is 0 Å². The van der Waals surface area contributed by atoms with Gasteiger partial charge >= 0.3 is 52.4 Å². The molecule has 0 heterocycles. The zero-order valence-corrected chi connectivity index (χ0v) is 32.7. The van der Waals surface area contributed by atoms with Gasteiger partial charge in [-0.25, -0.2) is 0 Å². The molecule has 216 valence electrons. The number of benzene rings is 2. The van der Waals surface area contributed by atoms with Crippen molar-refractivity contribution in [3.8, 4) is 0 Å². The first-order valence-corrected chi connectivity index (χ1v) is 14.6. The van der Waals surface area contributed by atoms with Gasteiger partial charge in [0.1, 0.15) is 0 Å². The minimum atomic E-state index is 0. The Labute approximate surface area is 296 Å². The quantitative estimate of drug-likeness (QED) is 0.155. The van der Waals surface area contributed by atoms with Gasteiger partial charge in [-0.05, 0) is 12.8 Å². The number of fused-ring (bicyclic) bond motifs is 2. The van der Waals surface area contributed by atoms with Crippen molar-refractivity contribution >= 4 is 21.5 Å². The summed E-state index contributed by atoms with van der Waals surface area (Å²) in [6.07, 6.45) is 13.2. The zero-order chi connectivity index (χ0) is 26.2. The van der Waals surface area contributed by atoms with Crippen molar-refractivity contribution in [3.63, 3.8) is 0 Å². The number of hydrogen-bond acceptors (Lipinski definition) is 0. The second-order valence-electron chi connectivity index (χ2n) is 11.2. The second kappa shape index (κ2) is 20.8. The van der Waals surface area contributed by atoms with Crippen LogP contribution in [0.3, 0.4) is 0 Å². The normalized spacial score (nSPS) is 10.2. The van der Waals surface area contributed by atoms with Crippen LogP contribution in [-0.4, -0.2) is 0 Å². The van der Waals surface area contributed by atoms with E-state index < -0.39 is 0 Å². The summed E-state index contributed by atoms with van der Waals surface area (Å²) in [6, 6.07) is 14.0. The summed E-state index contributed by atoms with van der Waals surface area (Å²) in [5, 5.41) is 6.00. The van der Waals surface area contributed by atoms with Gasteiger partial charge in [0.2, 0.25) is 0 Å². The standard InChI is InChI=1S/2C18H25.2ClH.2Zr/c2*1-5-6-7-8-9-16-11-10-13(2)17-12-14(3)15(4)18(16)17;;;;/h2*10-12H,5-9H2,1-4H3;2*1H;;/q2*-1;;;2*+2/p-2. The van der Waals surface area contributed by atoms with E-state index >= 15 is 0 Å².